The van der Waals surface area contributed by atoms with Crippen molar-refractivity contribution in [3.05, 3.63) is 22.4 Å². The summed E-state index contributed by atoms with van der Waals surface area (Å²) in [5.41, 5.74) is 1.10. The van der Waals surface area contributed by atoms with Gasteiger partial charge in [0.2, 0.25) is 0 Å². The van der Waals surface area contributed by atoms with E-state index in [9.17, 15) is 9.59 Å². The van der Waals surface area contributed by atoms with Gasteiger partial charge in [0, 0.05) is 26.2 Å². The van der Waals surface area contributed by atoms with Gasteiger partial charge in [-0.05, 0) is 35.7 Å². The molecule has 1 saturated heterocycles. The van der Waals surface area contributed by atoms with Gasteiger partial charge >= 0.3 is 12.0 Å². The standard InChI is InChI=1S/C13H18N2O3S/c1-9-11(12(16)17)3-5-15(9)13(18)14(2)7-10-4-6-19-8-10/h4,6,8-9,11H,3,5,7H2,1-2H3,(H,16,17). The van der Waals surface area contributed by atoms with E-state index < -0.39 is 11.9 Å². The highest BCUT2D eigenvalue weighted by atomic mass is 32.1. The molecule has 1 fully saturated rings. The first-order valence-corrected chi connectivity index (χ1v) is 7.20. The summed E-state index contributed by atoms with van der Waals surface area (Å²) < 4.78 is 0. The molecule has 6 heteroatoms. The fourth-order valence-electron chi connectivity index (χ4n) is 2.48. The van der Waals surface area contributed by atoms with E-state index in [0.717, 1.165) is 5.56 Å². The average Bonchev–Trinajstić information content (AvgIpc) is 2.97. The predicted molar refractivity (Wildman–Crippen MR) is 73.1 cm³/mol. The van der Waals surface area contributed by atoms with Crippen molar-refractivity contribution >= 4 is 23.3 Å². The van der Waals surface area contributed by atoms with Crippen molar-refractivity contribution in [2.24, 2.45) is 5.92 Å². The molecule has 1 aromatic heterocycles. The molecule has 1 aliphatic rings. The number of carboxylic acid groups (broad SMARTS) is 1. The highest BCUT2D eigenvalue weighted by Crippen LogP contribution is 2.25. The number of aliphatic carboxylic acids is 1. The molecule has 0 aromatic carbocycles. The van der Waals surface area contributed by atoms with Gasteiger partial charge in [-0.1, -0.05) is 0 Å². The smallest absolute Gasteiger partial charge is 0.320 e. The number of rotatable bonds is 3. The monoisotopic (exact) mass is 282 g/mol. The molecule has 5 nitrogen and oxygen atoms in total. The topological polar surface area (TPSA) is 60.9 Å². The van der Waals surface area contributed by atoms with Crippen molar-refractivity contribution in [3.8, 4) is 0 Å². The van der Waals surface area contributed by atoms with Crippen LogP contribution in [0, 0.1) is 5.92 Å². The van der Waals surface area contributed by atoms with Gasteiger partial charge in [0.15, 0.2) is 0 Å². The lowest BCUT2D eigenvalue weighted by Gasteiger charge is -2.28. The number of amides is 2. The highest BCUT2D eigenvalue weighted by Gasteiger charge is 2.39. The van der Waals surface area contributed by atoms with Crippen LogP contribution in [0.3, 0.4) is 0 Å². The number of hydrogen-bond acceptors (Lipinski definition) is 3. The molecule has 2 heterocycles. The quantitative estimate of drug-likeness (QED) is 0.923. The second-order valence-corrected chi connectivity index (χ2v) is 5.72. The first-order valence-electron chi connectivity index (χ1n) is 6.26. The summed E-state index contributed by atoms with van der Waals surface area (Å²) in [6.07, 6.45) is 0.536. The van der Waals surface area contributed by atoms with E-state index in [1.807, 2.05) is 23.8 Å². The normalized spacial score (nSPS) is 22.5. The molecule has 0 aliphatic carbocycles. The number of carbonyl (C=O) groups excluding carboxylic acids is 1. The molecule has 0 saturated carbocycles. The van der Waals surface area contributed by atoms with E-state index in [2.05, 4.69) is 0 Å². The molecule has 2 amide bonds. The lowest BCUT2D eigenvalue weighted by Crippen LogP contribution is -2.44. The summed E-state index contributed by atoms with van der Waals surface area (Å²) in [7, 11) is 1.75. The van der Waals surface area contributed by atoms with E-state index in [0.29, 0.717) is 19.5 Å². The molecular formula is C13H18N2O3S. The highest BCUT2D eigenvalue weighted by molar-refractivity contribution is 7.07. The zero-order chi connectivity index (χ0) is 14.0. The lowest BCUT2D eigenvalue weighted by atomic mass is 10.0. The Bertz CT molecular complexity index is 460. The summed E-state index contributed by atoms with van der Waals surface area (Å²) in [5, 5.41) is 13.1. The molecule has 0 radical (unpaired) electrons. The Kier molecular flexibility index (Phi) is 4.09. The van der Waals surface area contributed by atoms with Crippen LogP contribution in [-0.2, 0) is 11.3 Å². The van der Waals surface area contributed by atoms with Crippen LogP contribution in [0.5, 0.6) is 0 Å². The minimum Gasteiger partial charge on any atom is -0.481 e. The Morgan fingerprint density at radius 1 is 1.58 bits per heavy atom. The molecule has 19 heavy (non-hydrogen) atoms. The number of nitrogens with zero attached hydrogens (tertiary/aromatic N) is 2. The van der Waals surface area contributed by atoms with Crippen molar-refractivity contribution in [1.82, 2.24) is 9.80 Å². The van der Waals surface area contributed by atoms with E-state index in [1.165, 1.54) is 0 Å². The molecule has 1 N–H and O–H groups in total. The fourth-order valence-corrected chi connectivity index (χ4v) is 3.14. The van der Waals surface area contributed by atoms with Crippen LogP contribution in [0.25, 0.3) is 0 Å². The predicted octanol–water partition coefficient (Wildman–Crippen LogP) is 2.09. The van der Waals surface area contributed by atoms with Gasteiger partial charge in [0.1, 0.15) is 0 Å². The van der Waals surface area contributed by atoms with Crippen LogP contribution in [0.4, 0.5) is 4.79 Å². The lowest BCUT2D eigenvalue weighted by molar-refractivity contribution is -0.142. The molecule has 2 unspecified atom stereocenters. The molecular weight excluding hydrogens is 264 g/mol. The third-order valence-corrected chi connectivity index (χ3v) is 4.38. The molecule has 2 rings (SSSR count). The van der Waals surface area contributed by atoms with E-state index in [1.54, 1.807) is 28.2 Å². The van der Waals surface area contributed by atoms with Gasteiger partial charge in [-0.15, -0.1) is 0 Å². The van der Waals surface area contributed by atoms with Crippen molar-refractivity contribution in [3.63, 3.8) is 0 Å². The maximum Gasteiger partial charge on any atom is 0.320 e. The minimum absolute atomic E-state index is 0.0950. The van der Waals surface area contributed by atoms with Crippen molar-refractivity contribution in [2.75, 3.05) is 13.6 Å². The van der Waals surface area contributed by atoms with Gasteiger partial charge in [0.05, 0.1) is 5.92 Å². The fraction of sp³-hybridized carbons (Fsp3) is 0.538. The summed E-state index contributed by atoms with van der Waals surface area (Å²) in [6, 6.07) is 1.65. The third kappa shape index (κ3) is 2.89. The number of hydrogen-bond donors (Lipinski definition) is 1. The zero-order valence-electron chi connectivity index (χ0n) is 11.1. The zero-order valence-corrected chi connectivity index (χ0v) is 11.9. The first-order chi connectivity index (χ1) is 9.00. The Labute approximate surface area is 116 Å². The van der Waals surface area contributed by atoms with Crippen LogP contribution >= 0.6 is 11.3 Å². The Hall–Kier alpha value is -1.56. The maximum atomic E-state index is 12.3. The van der Waals surface area contributed by atoms with Crippen molar-refractivity contribution < 1.29 is 14.7 Å². The molecule has 104 valence electrons. The van der Waals surface area contributed by atoms with Crippen LogP contribution in [0.2, 0.25) is 0 Å². The first kappa shape index (κ1) is 13.9. The van der Waals surface area contributed by atoms with E-state index in [-0.39, 0.29) is 12.1 Å². The number of urea groups is 1. The summed E-state index contributed by atoms with van der Waals surface area (Å²) in [6.45, 7) is 2.89. The molecule has 2 atom stereocenters. The Balaban J connectivity index is 1.98. The third-order valence-electron chi connectivity index (χ3n) is 3.64. The SMILES string of the molecule is CC1C(C(=O)O)CCN1C(=O)N(C)Cc1ccsc1. The van der Waals surface area contributed by atoms with Gasteiger partial charge in [-0.2, -0.15) is 11.3 Å². The average molecular weight is 282 g/mol. The number of carboxylic acids is 1. The second kappa shape index (κ2) is 5.61. The summed E-state index contributed by atoms with van der Waals surface area (Å²) >= 11 is 1.60. The molecule has 0 spiro atoms. The number of carbonyl (C=O) groups is 2. The summed E-state index contributed by atoms with van der Waals surface area (Å²) in [4.78, 5) is 26.7. The second-order valence-electron chi connectivity index (χ2n) is 4.94. The van der Waals surface area contributed by atoms with Crippen molar-refractivity contribution in [1.29, 1.82) is 0 Å². The van der Waals surface area contributed by atoms with Gasteiger partial charge < -0.3 is 14.9 Å². The van der Waals surface area contributed by atoms with Crippen LogP contribution in [-0.4, -0.2) is 46.5 Å². The Morgan fingerprint density at radius 3 is 2.84 bits per heavy atom. The summed E-state index contributed by atoms with van der Waals surface area (Å²) in [5.74, 6) is -1.26. The van der Waals surface area contributed by atoms with Crippen LogP contribution < -0.4 is 0 Å². The van der Waals surface area contributed by atoms with Gasteiger partial charge in [-0.25, -0.2) is 4.79 Å². The molecule has 1 aliphatic heterocycles. The minimum atomic E-state index is -0.816. The van der Waals surface area contributed by atoms with Crippen molar-refractivity contribution in [2.45, 2.75) is 25.9 Å². The van der Waals surface area contributed by atoms with Crippen LogP contribution in [0.1, 0.15) is 18.9 Å². The molecule has 0 bridgehead atoms. The number of thiophene rings is 1. The van der Waals surface area contributed by atoms with Gasteiger partial charge in [-0.3, -0.25) is 4.79 Å². The van der Waals surface area contributed by atoms with Gasteiger partial charge in [0.25, 0.3) is 0 Å². The largest absolute Gasteiger partial charge is 0.481 e. The Morgan fingerprint density at radius 2 is 2.32 bits per heavy atom. The van der Waals surface area contributed by atoms with Crippen LogP contribution in [0.15, 0.2) is 16.8 Å². The molecule has 1 aromatic rings. The maximum absolute atomic E-state index is 12.3. The number of likely N-dealkylation sites (tertiary alicyclic amines) is 1. The van der Waals surface area contributed by atoms with E-state index >= 15 is 0 Å². The van der Waals surface area contributed by atoms with E-state index in [4.69, 9.17) is 5.11 Å².